The molecular formula is C18H22O. The Labute approximate surface area is 115 Å². The molecule has 4 aliphatic rings. The Hall–Kier alpha value is -1.24. The molecule has 0 heterocycles. The van der Waals surface area contributed by atoms with Gasteiger partial charge in [0.25, 0.3) is 0 Å². The van der Waals surface area contributed by atoms with Crippen LogP contribution in [0.4, 0.5) is 0 Å². The minimum Gasteiger partial charge on any atom is -0.508 e. The van der Waals surface area contributed by atoms with Gasteiger partial charge >= 0.3 is 0 Å². The minimum absolute atomic E-state index is 0.368. The van der Waals surface area contributed by atoms with Crippen molar-refractivity contribution in [1.82, 2.24) is 0 Å². The maximum absolute atomic E-state index is 9.52. The molecule has 100 valence electrons. The van der Waals surface area contributed by atoms with Gasteiger partial charge in [0.15, 0.2) is 0 Å². The van der Waals surface area contributed by atoms with E-state index in [1.165, 1.54) is 32.1 Å². The Morgan fingerprint density at radius 3 is 2.26 bits per heavy atom. The number of phenols is 1. The van der Waals surface area contributed by atoms with E-state index in [1.807, 2.05) is 12.1 Å². The molecule has 1 nitrogen and oxygen atoms in total. The van der Waals surface area contributed by atoms with Gasteiger partial charge < -0.3 is 5.11 Å². The molecule has 0 aliphatic heterocycles. The second-order valence-electron chi connectivity index (χ2n) is 6.96. The molecule has 1 aromatic rings. The predicted molar refractivity (Wildman–Crippen MR) is 77.7 cm³/mol. The molecule has 0 unspecified atom stereocenters. The molecule has 4 bridgehead atoms. The molecule has 4 fully saturated rings. The van der Waals surface area contributed by atoms with E-state index in [0.29, 0.717) is 5.75 Å². The second kappa shape index (κ2) is 4.40. The molecule has 1 N–H and O–H groups in total. The predicted octanol–water partition coefficient (Wildman–Crippen LogP) is 4.48. The molecule has 5 rings (SSSR count). The van der Waals surface area contributed by atoms with Gasteiger partial charge in [0, 0.05) is 0 Å². The third-order valence-corrected chi connectivity index (χ3v) is 5.68. The Morgan fingerprint density at radius 1 is 0.947 bits per heavy atom. The van der Waals surface area contributed by atoms with Crippen LogP contribution in [0.25, 0.3) is 6.08 Å². The summed E-state index contributed by atoms with van der Waals surface area (Å²) in [6.07, 6.45) is 12.1. The first-order chi connectivity index (χ1) is 9.28. The molecule has 0 aromatic heterocycles. The number of allylic oxidation sites excluding steroid dienone is 1. The van der Waals surface area contributed by atoms with Crippen LogP contribution in [-0.4, -0.2) is 5.11 Å². The Morgan fingerprint density at radius 2 is 1.63 bits per heavy atom. The lowest BCUT2D eigenvalue weighted by Crippen LogP contribution is -2.44. The molecular weight excluding hydrogens is 232 g/mol. The average molecular weight is 254 g/mol. The fourth-order valence-corrected chi connectivity index (χ4v) is 5.13. The molecule has 4 saturated carbocycles. The molecule has 0 saturated heterocycles. The van der Waals surface area contributed by atoms with E-state index in [9.17, 15) is 5.11 Å². The summed E-state index contributed by atoms with van der Waals surface area (Å²) in [6, 6.07) is 7.59. The zero-order valence-corrected chi connectivity index (χ0v) is 11.3. The first kappa shape index (κ1) is 11.6. The highest BCUT2D eigenvalue weighted by molar-refractivity contribution is 5.51. The van der Waals surface area contributed by atoms with Gasteiger partial charge in [-0.05, 0) is 79.4 Å². The standard InChI is InChI=1S/C18H22O/c19-17-3-1-2-12(11-17)4-5-18-15-7-13-6-14(9-15)10-16(18)8-13/h1-5,11,13-16,18-19H,6-10H2/b5-4+. The lowest BCUT2D eigenvalue weighted by Gasteiger charge is -2.53. The summed E-state index contributed by atoms with van der Waals surface area (Å²) in [7, 11) is 0. The van der Waals surface area contributed by atoms with Gasteiger partial charge in [-0.1, -0.05) is 24.3 Å². The van der Waals surface area contributed by atoms with Crippen molar-refractivity contribution in [1.29, 1.82) is 0 Å². The third kappa shape index (κ3) is 2.09. The van der Waals surface area contributed by atoms with Crippen molar-refractivity contribution in [3.63, 3.8) is 0 Å². The van der Waals surface area contributed by atoms with Gasteiger partial charge in [0.1, 0.15) is 5.75 Å². The highest BCUT2D eigenvalue weighted by Gasteiger charge is 2.46. The van der Waals surface area contributed by atoms with Crippen LogP contribution < -0.4 is 0 Å². The lowest BCUT2D eigenvalue weighted by atomic mass is 9.52. The molecule has 1 heteroatoms. The highest BCUT2D eigenvalue weighted by Crippen LogP contribution is 2.56. The van der Waals surface area contributed by atoms with Gasteiger partial charge in [-0.25, -0.2) is 0 Å². The smallest absolute Gasteiger partial charge is 0.116 e. The number of phenolic OH excluding ortho intramolecular Hbond substituents is 1. The van der Waals surface area contributed by atoms with Crippen molar-refractivity contribution in [3.05, 3.63) is 35.9 Å². The van der Waals surface area contributed by atoms with E-state index in [2.05, 4.69) is 18.2 Å². The maximum atomic E-state index is 9.52. The fraction of sp³-hybridized carbons (Fsp3) is 0.556. The van der Waals surface area contributed by atoms with Crippen LogP contribution in [0.1, 0.15) is 37.7 Å². The van der Waals surface area contributed by atoms with Crippen LogP contribution in [0.5, 0.6) is 5.75 Å². The summed E-state index contributed by atoms with van der Waals surface area (Å²) in [5.41, 5.74) is 1.13. The minimum atomic E-state index is 0.368. The number of hydrogen-bond acceptors (Lipinski definition) is 1. The van der Waals surface area contributed by atoms with Crippen molar-refractivity contribution in [3.8, 4) is 5.75 Å². The van der Waals surface area contributed by atoms with Crippen LogP contribution in [0.2, 0.25) is 0 Å². The monoisotopic (exact) mass is 254 g/mol. The van der Waals surface area contributed by atoms with E-state index < -0.39 is 0 Å². The normalized spacial score (nSPS) is 40.1. The molecule has 1 aromatic carbocycles. The number of rotatable bonds is 2. The van der Waals surface area contributed by atoms with Gasteiger partial charge in [-0.2, -0.15) is 0 Å². The summed E-state index contributed by atoms with van der Waals surface area (Å²) in [5, 5.41) is 9.52. The van der Waals surface area contributed by atoms with Gasteiger partial charge in [-0.3, -0.25) is 0 Å². The lowest BCUT2D eigenvalue weighted by molar-refractivity contribution is -0.0158. The summed E-state index contributed by atoms with van der Waals surface area (Å²) < 4.78 is 0. The topological polar surface area (TPSA) is 20.2 Å². The molecule has 0 radical (unpaired) electrons. The SMILES string of the molecule is Oc1cccc(/C=C/C2C3CC4CC(C3)CC2C4)c1. The summed E-state index contributed by atoms with van der Waals surface area (Å²) in [4.78, 5) is 0. The van der Waals surface area contributed by atoms with Crippen LogP contribution in [0.15, 0.2) is 30.3 Å². The number of aromatic hydroxyl groups is 1. The van der Waals surface area contributed by atoms with E-state index in [0.717, 1.165) is 35.2 Å². The van der Waals surface area contributed by atoms with Crippen molar-refractivity contribution >= 4 is 6.08 Å². The van der Waals surface area contributed by atoms with Gasteiger partial charge in [0.2, 0.25) is 0 Å². The Kier molecular flexibility index (Phi) is 2.68. The quantitative estimate of drug-likeness (QED) is 0.825. The van der Waals surface area contributed by atoms with Gasteiger partial charge in [-0.15, -0.1) is 0 Å². The van der Waals surface area contributed by atoms with Gasteiger partial charge in [0.05, 0.1) is 0 Å². The molecule has 0 atom stereocenters. The van der Waals surface area contributed by atoms with Crippen molar-refractivity contribution < 1.29 is 5.11 Å². The summed E-state index contributed by atoms with van der Waals surface area (Å²) >= 11 is 0. The Bertz CT molecular complexity index is 474. The van der Waals surface area contributed by atoms with E-state index >= 15 is 0 Å². The van der Waals surface area contributed by atoms with E-state index in [1.54, 1.807) is 6.07 Å². The van der Waals surface area contributed by atoms with Crippen molar-refractivity contribution in [2.45, 2.75) is 32.1 Å². The molecule has 0 spiro atoms. The number of benzene rings is 1. The van der Waals surface area contributed by atoms with Crippen LogP contribution in [0.3, 0.4) is 0 Å². The molecule has 0 amide bonds. The fourth-order valence-electron chi connectivity index (χ4n) is 5.13. The van der Waals surface area contributed by atoms with E-state index in [4.69, 9.17) is 0 Å². The second-order valence-corrected chi connectivity index (χ2v) is 6.96. The zero-order chi connectivity index (χ0) is 12.8. The average Bonchev–Trinajstić information content (AvgIpc) is 2.37. The highest BCUT2D eigenvalue weighted by atomic mass is 16.3. The molecule has 4 aliphatic carbocycles. The van der Waals surface area contributed by atoms with Crippen molar-refractivity contribution in [2.75, 3.05) is 0 Å². The van der Waals surface area contributed by atoms with Crippen LogP contribution >= 0.6 is 0 Å². The first-order valence-corrected chi connectivity index (χ1v) is 7.75. The Balaban J connectivity index is 1.54. The first-order valence-electron chi connectivity index (χ1n) is 7.75. The number of hydrogen-bond donors (Lipinski definition) is 1. The summed E-state index contributed by atoms with van der Waals surface area (Å²) in [5.74, 6) is 5.16. The zero-order valence-electron chi connectivity index (χ0n) is 11.3. The summed E-state index contributed by atoms with van der Waals surface area (Å²) in [6.45, 7) is 0. The molecule has 19 heavy (non-hydrogen) atoms. The van der Waals surface area contributed by atoms with Crippen LogP contribution in [0, 0.1) is 29.6 Å². The van der Waals surface area contributed by atoms with Crippen LogP contribution in [-0.2, 0) is 0 Å². The largest absolute Gasteiger partial charge is 0.508 e. The third-order valence-electron chi connectivity index (χ3n) is 5.68. The van der Waals surface area contributed by atoms with Crippen molar-refractivity contribution in [2.24, 2.45) is 29.6 Å². The maximum Gasteiger partial charge on any atom is 0.116 e. The van der Waals surface area contributed by atoms with E-state index in [-0.39, 0.29) is 0 Å².